The van der Waals surface area contributed by atoms with Gasteiger partial charge in [-0.3, -0.25) is 5.10 Å². The average molecular weight is 390 g/mol. The van der Waals surface area contributed by atoms with Crippen LogP contribution in [0.25, 0.3) is 22.2 Å². The highest BCUT2D eigenvalue weighted by Gasteiger charge is 2.11. The smallest absolute Gasteiger partial charge is 0.160 e. The fourth-order valence-electron chi connectivity index (χ4n) is 2.97. The number of methoxy groups -OCH3 is 1. The third kappa shape index (κ3) is 4.24. The molecule has 7 nitrogen and oxygen atoms in total. The van der Waals surface area contributed by atoms with Crippen LogP contribution in [0, 0.1) is 0 Å². The Hall–Kier alpha value is -3.74. The lowest BCUT2D eigenvalue weighted by molar-refractivity contribution is 0.243. The molecule has 4 rings (SSSR count). The summed E-state index contributed by atoms with van der Waals surface area (Å²) in [7, 11) is 1.61. The summed E-state index contributed by atoms with van der Waals surface area (Å²) in [5.74, 6) is 2.71. The van der Waals surface area contributed by atoms with E-state index >= 15 is 0 Å². The Morgan fingerprint density at radius 3 is 2.66 bits per heavy atom. The van der Waals surface area contributed by atoms with E-state index in [1.54, 1.807) is 19.4 Å². The van der Waals surface area contributed by atoms with E-state index in [9.17, 15) is 0 Å². The molecule has 148 valence electrons. The van der Waals surface area contributed by atoms with Crippen LogP contribution in [0.3, 0.4) is 0 Å². The van der Waals surface area contributed by atoms with E-state index in [1.807, 2.05) is 62.4 Å². The van der Waals surface area contributed by atoms with Gasteiger partial charge < -0.3 is 14.3 Å². The van der Waals surface area contributed by atoms with Gasteiger partial charge in [-0.1, -0.05) is 6.07 Å². The van der Waals surface area contributed by atoms with Crippen LogP contribution >= 0.6 is 0 Å². The summed E-state index contributed by atoms with van der Waals surface area (Å²) >= 11 is 0. The molecular weight excluding hydrogens is 368 g/mol. The topological polar surface area (TPSA) is 81.3 Å². The summed E-state index contributed by atoms with van der Waals surface area (Å²) in [6.07, 6.45) is 1.81. The van der Waals surface area contributed by atoms with E-state index in [4.69, 9.17) is 14.3 Å². The van der Waals surface area contributed by atoms with Gasteiger partial charge in [0.1, 0.15) is 17.2 Å². The Labute approximate surface area is 168 Å². The van der Waals surface area contributed by atoms with Gasteiger partial charge in [-0.05, 0) is 56.3 Å². The molecule has 29 heavy (non-hydrogen) atoms. The van der Waals surface area contributed by atoms with E-state index < -0.39 is 0 Å². The van der Waals surface area contributed by atoms with Crippen molar-refractivity contribution in [2.75, 3.05) is 12.6 Å². The fourth-order valence-corrected chi connectivity index (χ4v) is 2.97. The summed E-state index contributed by atoms with van der Waals surface area (Å²) in [4.78, 5) is 9.93. The quantitative estimate of drug-likeness (QED) is 0.440. The predicted molar refractivity (Wildman–Crippen MR) is 112 cm³/mol. The Balaban J connectivity index is 1.58. The lowest BCUT2D eigenvalue weighted by Crippen LogP contribution is -2.06. The number of rotatable bonds is 7. The number of nitrogens with zero attached hydrogens (tertiary/aromatic N) is 2. The Morgan fingerprint density at radius 2 is 1.83 bits per heavy atom. The van der Waals surface area contributed by atoms with Crippen molar-refractivity contribution in [3.8, 4) is 28.5 Å². The van der Waals surface area contributed by atoms with E-state index in [0.717, 1.165) is 27.9 Å². The van der Waals surface area contributed by atoms with E-state index in [1.165, 1.54) is 0 Å². The number of aromatic amines is 1. The largest absolute Gasteiger partial charge is 0.497 e. The van der Waals surface area contributed by atoms with Gasteiger partial charge in [0.05, 0.1) is 18.7 Å². The maximum absolute atomic E-state index is 5.82. The molecule has 0 saturated carbocycles. The Kier molecular flexibility index (Phi) is 5.20. The zero-order chi connectivity index (χ0) is 20.2. The second-order valence-corrected chi connectivity index (χ2v) is 6.76. The van der Waals surface area contributed by atoms with E-state index in [0.29, 0.717) is 17.3 Å². The number of pyridine rings is 1. The third-order valence-electron chi connectivity index (χ3n) is 4.25. The Bertz CT molecular complexity index is 1120. The van der Waals surface area contributed by atoms with Crippen molar-refractivity contribution in [2.24, 2.45) is 0 Å². The molecule has 0 aliphatic heterocycles. The molecule has 2 heterocycles. The number of aromatic nitrogens is 3. The number of anilines is 1. The number of H-pyrrole nitrogens is 1. The van der Waals surface area contributed by atoms with Crippen LogP contribution in [0.1, 0.15) is 13.8 Å². The number of nitrogens with one attached hydrogen (secondary N) is 2. The van der Waals surface area contributed by atoms with Crippen LogP contribution in [0.4, 0.5) is 5.82 Å². The number of hydrogen-bond acceptors (Lipinski definition) is 6. The molecule has 0 fully saturated rings. The standard InChI is InChI=1S/C22H22N4O3/c1-14(2)28-17-7-8-20-19(13-17)22(25-24-20)15-9-10-23-21(11-15)26-29-18-6-4-5-16(12-18)27-3/h4-14H,1-3H3,(H,23,26)(H,24,25). The molecule has 0 atom stereocenters. The van der Waals surface area contributed by atoms with Gasteiger partial charge in [0, 0.05) is 23.2 Å². The predicted octanol–water partition coefficient (Wildman–Crippen LogP) is 4.83. The van der Waals surface area contributed by atoms with E-state index in [-0.39, 0.29) is 6.10 Å². The van der Waals surface area contributed by atoms with Gasteiger partial charge in [0.25, 0.3) is 0 Å². The molecule has 2 aromatic carbocycles. The zero-order valence-corrected chi connectivity index (χ0v) is 16.5. The first-order chi connectivity index (χ1) is 14.1. The molecule has 0 spiro atoms. The summed E-state index contributed by atoms with van der Waals surface area (Å²) in [5, 5.41) is 8.52. The van der Waals surface area contributed by atoms with Crippen molar-refractivity contribution in [3.63, 3.8) is 0 Å². The maximum atomic E-state index is 5.82. The first-order valence-corrected chi connectivity index (χ1v) is 9.30. The van der Waals surface area contributed by atoms with E-state index in [2.05, 4.69) is 20.7 Å². The molecule has 2 N–H and O–H groups in total. The SMILES string of the molecule is COc1cccc(ONc2cc(-c3n[nH]c4ccc(OC(C)C)cc34)ccn2)c1. The van der Waals surface area contributed by atoms with Crippen LogP contribution < -0.4 is 19.8 Å². The molecule has 0 unspecified atom stereocenters. The van der Waals surface area contributed by atoms with Gasteiger partial charge in [-0.25, -0.2) is 10.5 Å². The van der Waals surface area contributed by atoms with Crippen LogP contribution in [-0.4, -0.2) is 28.4 Å². The molecule has 0 aliphatic rings. The summed E-state index contributed by atoms with van der Waals surface area (Å²) in [6, 6.07) is 17.0. The lowest BCUT2D eigenvalue weighted by atomic mass is 10.1. The minimum atomic E-state index is 0.105. The van der Waals surface area contributed by atoms with Gasteiger partial charge in [-0.2, -0.15) is 5.10 Å². The fraction of sp³-hybridized carbons (Fsp3) is 0.182. The molecule has 0 saturated heterocycles. The minimum Gasteiger partial charge on any atom is -0.497 e. The van der Waals surface area contributed by atoms with Crippen LogP contribution in [-0.2, 0) is 0 Å². The third-order valence-corrected chi connectivity index (χ3v) is 4.25. The molecule has 0 bridgehead atoms. The molecular formula is C22H22N4O3. The lowest BCUT2D eigenvalue weighted by Gasteiger charge is -2.10. The highest BCUT2D eigenvalue weighted by atomic mass is 16.6. The van der Waals surface area contributed by atoms with Crippen molar-refractivity contribution in [2.45, 2.75) is 20.0 Å². The number of hydrogen-bond donors (Lipinski definition) is 2. The van der Waals surface area contributed by atoms with Crippen molar-refractivity contribution < 1.29 is 14.3 Å². The molecule has 4 aromatic rings. The number of fused-ring (bicyclic) bond motifs is 1. The molecule has 0 radical (unpaired) electrons. The van der Waals surface area contributed by atoms with Gasteiger partial charge in [0.2, 0.25) is 0 Å². The maximum Gasteiger partial charge on any atom is 0.160 e. The number of benzene rings is 2. The highest BCUT2D eigenvalue weighted by Crippen LogP contribution is 2.30. The van der Waals surface area contributed by atoms with Gasteiger partial charge in [-0.15, -0.1) is 0 Å². The van der Waals surface area contributed by atoms with Crippen molar-refractivity contribution in [1.29, 1.82) is 0 Å². The second-order valence-electron chi connectivity index (χ2n) is 6.76. The second kappa shape index (κ2) is 8.10. The van der Waals surface area contributed by atoms with Crippen LogP contribution in [0.15, 0.2) is 60.8 Å². The summed E-state index contributed by atoms with van der Waals surface area (Å²) in [6.45, 7) is 4.01. The van der Waals surface area contributed by atoms with Crippen molar-refractivity contribution in [1.82, 2.24) is 15.2 Å². The van der Waals surface area contributed by atoms with Crippen molar-refractivity contribution in [3.05, 3.63) is 60.8 Å². The molecule has 2 aromatic heterocycles. The summed E-state index contributed by atoms with van der Waals surface area (Å²) < 4.78 is 11.0. The highest BCUT2D eigenvalue weighted by molar-refractivity contribution is 5.94. The molecule has 0 amide bonds. The van der Waals surface area contributed by atoms with Crippen LogP contribution in [0.5, 0.6) is 17.2 Å². The minimum absolute atomic E-state index is 0.105. The monoisotopic (exact) mass is 390 g/mol. The first kappa shape index (κ1) is 18.6. The van der Waals surface area contributed by atoms with Gasteiger partial charge >= 0.3 is 0 Å². The zero-order valence-electron chi connectivity index (χ0n) is 16.5. The Morgan fingerprint density at radius 1 is 0.966 bits per heavy atom. The van der Waals surface area contributed by atoms with Crippen LogP contribution in [0.2, 0.25) is 0 Å². The van der Waals surface area contributed by atoms with Gasteiger partial charge in [0.15, 0.2) is 11.6 Å². The first-order valence-electron chi connectivity index (χ1n) is 9.30. The summed E-state index contributed by atoms with van der Waals surface area (Å²) in [5.41, 5.74) is 5.54. The van der Waals surface area contributed by atoms with Crippen molar-refractivity contribution >= 4 is 16.7 Å². The normalized spacial score (nSPS) is 10.9. The number of ether oxygens (including phenoxy) is 2. The molecule has 0 aliphatic carbocycles. The molecule has 7 heteroatoms. The average Bonchev–Trinajstić information content (AvgIpc) is 3.15.